The quantitative estimate of drug-likeness (QED) is 0.849. The standard InChI is InChI=1S/C20H27N3O3/c1-13(2)18(24)22-17-4-3-11-23(12-17)20(26)15-7-9-16(10-8-15)21-19(25)14-5-6-14/h7-10,13-14,17H,3-6,11-12H2,1-2H3,(H,21,25)(H,22,24). The van der Waals surface area contributed by atoms with E-state index in [1.165, 1.54) is 0 Å². The molecule has 140 valence electrons. The summed E-state index contributed by atoms with van der Waals surface area (Å²) in [6.45, 7) is 4.97. The third-order valence-electron chi connectivity index (χ3n) is 4.93. The summed E-state index contributed by atoms with van der Waals surface area (Å²) >= 11 is 0. The van der Waals surface area contributed by atoms with E-state index < -0.39 is 0 Å². The van der Waals surface area contributed by atoms with Gasteiger partial charge in [0.15, 0.2) is 0 Å². The van der Waals surface area contributed by atoms with Crippen LogP contribution in [0.3, 0.4) is 0 Å². The molecule has 2 fully saturated rings. The molecular weight excluding hydrogens is 330 g/mol. The van der Waals surface area contributed by atoms with Crippen LogP contribution < -0.4 is 10.6 Å². The van der Waals surface area contributed by atoms with Gasteiger partial charge >= 0.3 is 0 Å². The minimum Gasteiger partial charge on any atom is -0.351 e. The van der Waals surface area contributed by atoms with Gasteiger partial charge < -0.3 is 15.5 Å². The number of likely N-dealkylation sites (tertiary alicyclic amines) is 1. The molecule has 1 heterocycles. The lowest BCUT2D eigenvalue weighted by atomic mass is 10.0. The first kappa shape index (κ1) is 18.4. The van der Waals surface area contributed by atoms with Gasteiger partial charge in [-0.1, -0.05) is 13.8 Å². The Kier molecular flexibility index (Phi) is 5.59. The van der Waals surface area contributed by atoms with Crippen molar-refractivity contribution >= 4 is 23.4 Å². The first-order valence-electron chi connectivity index (χ1n) is 9.44. The minimum absolute atomic E-state index is 0.0136. The molecule has 1 aromatic carbocycles. The van der Waals surface area contributed by atoms with Crippen LogP contribution in [0.25, 0.3) is 0 Å². The Labute approximate surface area is 154 Å². The monoisotopic (exact) mass is 357 g/mol. The predicted molar refractivity (Wildman–Crippen MR) is 99.7 cm³/mol. The molecule has 26 heavy (non-hydrogen) atoms. The van der Waals surface area contributed by atoms with Gasteiger partial charge in [0.1, 0.15) is 0 Å². The second-order valence-corrected chi connectivity index (χ2v) is 7.59. The van der Waals surface area contributed by atoms with Crippen molar-refractivity contribution in [3.05, 3.63) is 29.8 Å². The molecule has 6 nitrogen and oxygen atoms in total. The number of hydrogen-bond acceptors (Lipinski definition) is 3. The molecule has 3 amide bonds. The Morgan fingerprint density at radius 2 is 1.77 bits per heavy atom. The zero-order valence-corrected chi connectivity index (χ0v) is 15.5. The summed E-state index contributed by atoms with van der Waals surface area (Å²) in [5.41, 5.74) is 1.32. The number of carbonyl (C=O) groups is 3. The van der Waals surface area contributed by atoms with Gasteiger partial charge in [-0.25, -0.2) is 0 Å². The average molecular weight is 357 g/mol. The number of anilines is 1. The maximum atomic E-state index is 12.7. The number of carbonyl (C=O) groups excluding carboxylic acids is 3. The van der Waals surface area contributed by atoms with Gasteiger partial charge in [-0.3, -0.25) is 14.4 Å². The summed E-state index contributed by atoms with van der Waals surface area (Å²) in [5.74, 6) is 0.152. The topological polar surface area (TPSA) is 78.5 Å². The second kappa shape index (κ2) is 7.89. The van der Waals surface area contributed by atoms with Gasteiger partial charge in [-0.2, -0.15) is 0 Å². The van der Waals surface area contributed by atoms with E-state index in [0.29, 0.717) is 18.7 Å². The number of nitrogens with one attached hydrogen (secondary N) is 2. The second-order valence-electron chi connectivity index (χ2n) is 7.59. The third-order valence-corrected chi connectivity index (χ3v) is 4.93. The first-order valence-corrected chi connectivity index (χ1v) is 9.44. The predicted octanol–water partition coefficient (Wildman–Crippen LogP) is 2.41. The number of piperidine rings is 1. The van der Waals surface area contributed by atoms with E-state index in [2.05, 4.69) is 10.6 Å². The largest absolute Gasteiger partial charge is 0.351 e. The van der Waals surface area contributed by atoms with Crippen LogP contribution in [0, 0.1) is 11.8 Å². The van der Waals surface area contributed by atoms with Crippen LogP contribution in [0.2, 0.25) is 0 Å². The summed E-state index contributed by atoms with van der Waals surface area (Å²) in [6, 6.07) is 7.06. The van der Waals surface area contributed by atoms with E-state index in [0.717, 1.165) is 31.4 Å². The maximum Gasteiger partial charge on any atom is 0.253 e. The summed E-state index contributed by atoms with van der Waals surface area (Å²) in [6.07, 6.45) is 3.70. The molecule has 1 atom stereocenters. The lowest BCUT2D eigenvalue weighted by molar-refractivity contribution is -0.125. The highest BCUT2D eigenvalue weighted by atomic mass is 16.2. The Balaban J connectivity index is 1.57. The Morgan fingerprint density at radius 3 is 2.38 bits per heavy atom. The van der Waals surface area contributed by atoms with Crippen LogP contribution in [-0.2, 0) is 9.59 Å². The lowest BCUT2D eigenvalue weighted by Crippen LogP contribution is -2.50. The number of rotatable bonds is 5. The van der Waals surface area contributed by atoms with Gasteiger partial charge in [-0.15, -0.1) is 0 Å². The summed E-state index contributed by atoms with van der Waals surface area (Å²) in [5, 5.41) is 5.90. The van der Waals surface area contributed by atoms with Crippen LogP contribution in [0.4, 0.5) is 5.69 Å². The van der Waals surface area contributed by atoms with Crippen molar-refractivity contribution in [1.82, 2.24) is 10.2 Å². The fourth-order valence-electron chi connectivity index (χ4n) is 3.12. The number of hydrogen-bond donors (Lipinski definition) is 2. The Bertz CT molecular complexity index is 680. The third kappa shape index (κ3) is 4.62. The maximum absolute atomic E-state index is 12.7. The van der Waals surface area contributed by atoms with Crippen molar-refractivity contribution in [3.8, 4) is 0 Å². The molecule has 1 saturated carbocycles. The van der Waals surface area contributed by atoms with Crippen molar-refractivity contribution in [1.29, 1.82) is 0 Å². The van der Waals surface area contributed by atoms with Gasteiger partial charge in [-0.05, 0) is 49.9 Å². The van der Waals surface area contributed by atoms with Gasteiger partial charge in [0, 0.05) is 42.2 Å². The zero-order chi connectivity index (χ0) is 18.7. The first-order chi connectivity index (χ1) is 12.4. The van der Waals surface area contributed by atoms with Crippen LogP contribution >= 0.6 is 0 Å². The molecular formula is C20H27N3O3. The highest BCUT2D eigenvalue weighted by Crippen LogP contribution is 2.30. The fourth-order valence-corrected chi connectivity index (χ4v) is 3.12. The Hall–Kier alpha value is -2.37. The van der Waals surface area contributed by atoms with E-state index in [1.807, 2.05) is 13.8 Å². The molecule has 0 spiro atoms. The van der Waals surface area contributed by atoms with Crippen molar-refractivity contribution < 1.29 is 14.4 Å². The summed E-state index contributed by atoms with van der Waals surface area (Å²) in [4.78, 5) is 38.2. The summed E-state index contributed by atoms with van der Waals surface area (Å²) in [7, 11) is 0. The van der Waals surface area contributed by atoms with Gasteiger partial charge in [0.2, 0.25) is 11.8 Å². The molecule has 1 saturated heterocycles. The van der Waals surface area contributed by atoms with Crippen LogP contribution in [0.5, 0.6) is 0 Å². The van der Waals surface area contributed by atoms with Crippen molar-refractivity contribution in [2.45, 2.75) is 45.6 Å². The normalized spacial score (nSPS) is 20.0. The number of benzene rings is 1. The van der Waals surface area contributed by atoms with Gasteiger partial charge in [0.05, 0.1) is 0 Å². The Morgan fingerprint density at radius 1 is 1.08 bits per heavy atom. The van der Waals surface area contributed by atoms with E-state index in [4.69, 9.17) is 0 Å². The van der Waals surface area contributed by atoms with E-state index in [1.54, 1.807) is 29.2 Å². The van der Waals surface area contributed by atoms with Crippen LogP contribution in [0.15, 0.2) is 24.3 Å². The minimum atomic E-state index is -0.0560. The van der Waals surface area contributed by atoms with Crippen molar-refractivity contribution in [2.75, 3.05) is 18.4 Å². The van der Waals surface area contributed by atoms with Crippen molar-refractivity contribution in [3.63, 3.8) is 0 Å². The SMILES string of the molecule is CC(C)C(=O)NC1CCCN(C(=O)c2ccc(NC(=O)C3CC3)cc2)C1. The molecule has 1 aliphatic heterocycles. The fraction of sp³-hybridized carbons (Fsp3) is 0.550. The lowest BCUT2D eigenvalue weighted by Gasteiger charge is -2.33. The van der Waals surface area contributed by atoms with E-state index >= 15 is 0 Å². The molecule has 1 aromatic rings. The molecule has 1 aliphatic carbocycles. The van der Waals surface area contributed by atoms with E-state index in [9.17, 15) is 14.4 Å². The van der Waals surface area contributed by atoms with Crippen LogP contribution in [0.1, 0.15) is 49.9 Å². The highest BCUT2D eigenvalue weighted by Gasteiger charge is 2.30. The molecule has 6 heteroatoms. The molecule has 2 N–H and O–H groups in total. The smallest absolute Gasteiger partial charge is 0.253 e. The molecule has 1 unspecified atom stereocenters. The number of nitrogens with zero attached hydrogens (tertiary/aromatic N) is 1. The molecule has 0 aromatic heterocycles. The molecule has 3 rings (SSSR count). The molecule has 0 radical (unpaired) electrons. The highest BCUT2D eigenvalue weighted by molar-refractivity contribution is 5.97. The zero-order valence-electron chi connectivity index (χ0n) is 15.5. The van der Waals surface area contributed by atoms with E-state index in [-0.39, 0.29) is 35.6 Å². The van der Waals surface area contributed by atoms with Gasteiger partial charge in [0.25, 0.3) is 5.91 Å². The summed E-state index contributed by atoms with van der Waals surface area (Å²) < 4.78 is 0. The average Bonchev–Trinajstić information content (AvgIpc) is 3.47. The molecule has 0 bridgehead atoms. The number of amides is 3. The van der Waals surface area contributed by atoms with Crippen LogP contribution in [-0.4, -0.2) is 41.8 Å². The van der Waals surface area contributed by atoms with Crippen molar-refractivity contribution in [2.24, 2.45) is 11.8 Å². The molecule has 2 aliphatic rings.